The normalized spacial score (nSPS) is 17.4. The van der Waals surface area contributed by atoms with Crippen LogP contribution < -0.4 is 0 Å². The first-order valence-electron chi connectivity index (χ1n) is 7.54. The number of sulfonamides is 1. The summed E-state index contributed by atoms with van der Waals surface area (Å²) in [4.78, 5) is 11.6. The molecule has 0 atom stereocenters. The molecule has 0 N–H and O–H groups in total. The molecule has 1 aliphatic rings. The minimum Gasteiger partial charge on any atom is -0.300 e. The lowest BCUT2D eigenvalue weighted by Gasteiger charge is -2.29. The lowest BCUT2D eigenvalue weighted by molar-refractivity contribution is -0.120. The van der Waals surface area contributed by atoms with Crippen LogP contribution in [0, 0.1) is 0 Å². The molecule has 1 fully saturated rings. The number of ketones is 1. The zero-order chi connectivity index (χ0) is 15.5. The van der Waals surface area contributed by atoms with E-state index < -0.39 is 10.0 Å². The zero-order valence-electron chi connectivity index (χ0n) is 12.7. The number of hydrogen-bond acceptors (Lipinski definition) is 3. The molecule has 0 aliphatic heterocycles. The van der Waals surface area contributed by atoms with Gasteiger partial charge in [-0.25, -0.2) is 8.42 Å². The monoisotopic (exact) mass is 309 g/mol. The van der Waals surface area contributed by atoms with Crippen molar-refractivity contribution < 1.29 is 13.2 Å². The Kier molecular flexibility index (Phi) is 5.17. The van der Waals surface area contributed by atoms with Crippen LogP contribution in [0.15, 0.2) is 29.2 Å². The topological polar surface area (TPSA) is 54.5 Å². The van der Waals surface area contributed by atoms with Crippen molar-refractivity contribution in [3.8, 4) is 0 Å². The van der Waals surface area contributed by atoms with Crippen LogP contribution in [-0.2, 0) is 21.2 Å². The van der Waals surface area contributed by atoms with Gasteiger partial charge in [0.2, 0.25) is 10.0 Å². The van der Waals surface area contributed by atoms with E-state index in [1.165, 1.54) is 4.31 Å². The molecule has 5 heteroatoms. The highest BCUT2D eigenvalue weighted by molar-refractivity contribution is 7.89. The average molecular weight is 309 g/mol. The van der Waals surface area contributed by atoms with Crippen LogP contribution in [0.4, 0.5) is 0 Å². The third-order valence-corrected chi connectivity index (χ3v) is 6.09. The smallest absolute Gasteiger partial charge is 0.243 e. The fraction of sp³-hybridized carbons (Fsp3) is 0.562. The third kappa shape index (κ3) is 3.71. The number of carbonyl (C=O) groups is 1. The molecule has 2 rings (SSSR count). The number of Topliss-reactive ketones (excluding diaryl/α,β-unsaturated/α-hetero) is 1. The van der Waals surface area contributed by atoms with Gasteiger partial charge in [0.05, 0.1) is 4.90 Å². The Labute approximate surface area is 127 Å². The Morgan fingerprint density at radius 1 is 1.14 bits per heavy atom. The van der Waals surface area contributed by atoms with E-state index in [0.29, 0.717) is 30.6 Å². The molecule has 0 aromatic heterocycles. The Bertz CT molecular complexity index is 582. The fourth-order valence-corrected chi connectivity index (χ4v) is 4.18. The third-order valence-electron chi connectivity index (χ3n) is 4.17. The highest BCUT2D eigenvalue weighted by Gasteiger charge is 2.30. The van der Waals surface area contributed by atoms with Crippen molar-refractivity contribution in [1.82, 2.24) is 4.31 Å². The molecule has 4 nitrogen and oxygen atoms in total. The van der Waals surface area contributed by atoms with Crippen LogP contribution in [0.5, 0.6) is 0 Å². The minimum absolute atomic E-state index is 0.0666. The van der Waals surface area contributed by atoms with Gasteiger partial charge in [-0.1, -0.05) is 25.5 Å². The van der Waals surface area contributed by atoms with Crippen molar-refractivity contribution in [2.75, 3.05) is 7.05 Å². The summed E-state index contributed by atoms with van der Waals surface area (Å²) in [6.07, 6.45) is 4.23. The summed E-state index contributed by atoms with van der Waals surface area (Å²) in [6, 6.07) is 7.07. The van der Waals surface area contributed by atoms with Gasteiger partial charge in [0.15, 0.2) is 0 Å². The number of carbonyl (C=O) groups excluding carboxylic acids is 1. The van der Waals surface area contributed by atoms with Gasteiger partial charge >= 0.3 is 0 Å². The van der Waals surface area contributed by atoms with Gasteiger partial charge in [0.25, 0.3) is 0 Å². The lowest BCUT2D eigenvalue weighted by atomic mass is 9.95. The molecule has 0 spiro atoms. The van der Waals surface area contributed by atoms with E-state index in [2.05, 4.69) is 6.92 Å². The molecule has 0 unspecified atom stereocenters. The fourth-order valence-electron chi connectivity index (χ4n) is 2.77. The second-order valence-corrected chi connectivity index (χ2v) is 7.68. The molecule has 1 aromatic carbocycles. The first-order valence-corrected chi connectivity index (χ1v) is 8.98. The Balaban J connectivity index is 2.14. The predicted octanol–water partition coefficient (Wildman–Crippen LogP) is 2.77. The van der Waals surface area contributed by atoms with Crippen molar-refractivity contribution in [1.29, 1.82) is 0 Å². The molecule has 116 valence electrons. The van der Waals surface area contributed by atoms with Crippen LogP contribution in [0.25, 0.3) is 0 Å². The summed E-state index contributed by atoms with van der Waals surface area (Å²) >= 11 is 0. The van der Waals surface area contributed by atoms with Gasteiger partial charge in [-0.15, -0.1) is 0 Å². The van der Waals surface area contributed by atoms with Crippen molar-refractivity contribution in [2.24, 2.45) is 0 Å². The largest absolute Gasteiger partial charge is 0.300 e. The molecule has 1 saturated carbocycles. The van der Waals surface area contributed by atoms with Crippen LogP contribution >= 0.6 is 0 Å². The van der Waals surface area contributed by atoms with Crippen molar-refractivity contribution in [3.63, 3.8) is 0 Å². The minimum atomic E-state index is -3.47. The van der Waals surface area contributed by atoms with Gasteiger partial charge in [-0.3, -0.25) is 4.79 Å². The molecule has 0 saturated heterocycles. The second-order valence-electron chi connectivity index (χ2n) is 5.69. The molecule has 1 aromatic rings. The second kappa shape index (κ2) is 6.71. The number of benzene rings is 1. The highest BCUT2D eigenvalue weighted by Crippen LogP contribution is 2.25. The van der Waals surface area contributed by atoms with E-state index in [9.17, 15) is 13.2 Å². The standard InChI is InChI=1S/C16H23NO3S/c1-3-4-13-5-11-16(12-6-13)21(19,20)17(2)14-7-9-15(18)10-8-14/h5-6,11-12,14H,3-4,7-10H2,1-2H3. The SMILES string of the molecule is CCCc1ccc(S(=O)(=O)N(C)C2CCC(=O)CC2)cc1. The maximum absolute atomic E-state index is 12.6. The van der Waals surface area contributed by atoms with Crippen LogP contribution in [-0.4, -0.2) is 31.6 Å². The van der Waals surface area contributed by atoms with Gasteiger partial charge < -0.3 is 0 Å². The van der Waals surface area contributed by atoms with Crippen molar-refractivity contribution >= 4 is 15.8 Å². The number of hydrogen-bond donors (Lipinski definition) is 0. The quantitative estimate of drug-likeness (QED) is 0.840. The van der Waals surface area contributed by atoms with E-state index in [1.807, 2.05) is 12.1 Å². The summed E-state index contributed by atoms with van der Waals surface area (Å²) in [5.41, 5.74) is 1.15. The molecule has 0 bridgehead atoms. The molecule has 0 radical (unpaired) electrons. The summed E-state index contributed by atoms with van der Waals surface area (Å²) in [7, 11) is -1.84. The van der Waals surface area contributed by atoms with Crippen LogP contribution in [0.3, 0.4) is 0 Å². The van der Waals surface area contributed by atoms with E-state index in [4.69, 9.17) is 0 Å². The Hall–Kier alpha value is -1.20. The van der Waals surface area contributed by atoms with Crippen molar-refractivity contribution in [2.45, 2.75) is 56.4 Å². The summed E-state index contributed by atoms with van der Waals surface area (Å²) in [5.74, 6) is 0.237. The van der Waals surface area contributed by atoms with E-state index in [-0.39, 0.29) is 11.8 Å². The first kappa shape index (κ1) is 16.2. The molecule has 0 heterocycles. The van der Waals surface area contributed by atoms with Gasteiger partial charge in [0, 0.05) is 25.9 Å². The molecule has 1 aliphatic carbocycles. The van der Waals surface area contributed by atoms with Gasteiger partial charge in [0.1, 0.15) is 5.78 Å². The number of nitrogens with zero attached hydrogens (tertiary/aromatic N) is 1. The summed E-state index contributed by atoms with van der Waals surface area (Å²) in [6.45, 7) is 2.10. The van der Waals surface area contributed by atoms with E-state index in [1.54, 1.807) is 19.2 Å². The molecular formula is C16H23NO3S. The predicted molar refractivity (Wildman–Crippen MR) is 82.6 cm³/mol. The average Bonchev–Trinajstić information content (AvgIpc) is 2.48. The summed E-state index contributed by atoms with van der Waals surface area (Å²) < 4.78 is 26.7. The molecule has 21 heavy (non-hydrogen) atoms. The Morgan fingerprint density at radius 2 is 1.71 bits per heavy atom. The number of aryl methyl sites for hydroxylation is 1. The maximum atomic E-state index is 12.6. The maximum Gasteiger partial charge on any atom is 0.243 e. The van der Waals surface area contributed by atoms with Crippen LogP contribution in [0.2, 0.25) is 0 Å². The van der Waals surface area contributed by atoms with Gasteiger partial charge in [-0.2, -0.15) is 4.31 Å². The molecule has 0 amide bonds. The van der Waals surface area contributed by atoms with E-state index in [0.717, 1.165) is 18.4 Å². The zero-order valence-corrected chi connectivity index (χ0v) is 13.5. The van der Waals surface area contributed by atoms with Crippen LogP contribution in [0.1, 0.15) is 44.6 Å². The highest BCUT2D eigenvalue weighted by atomic mass is 32.2. The Morgan fingerprint density at radius 3 is 2.24 bits per heavy atom. The van der Waals surface area contributed by atoms with Crippen molar-refractivity contribution in [3.05, 3.63) is 29.8 Å². The first-order chi connectivity index (χ1) is 9.95. The van der Waals surface area contributed by atoms with Gasteiger partial charge in [-0.05, 0) is 37.0 Å². The van der Waals surface area contributed by atoms with E-state index >= 15 is 0 Å². The summed E-state index contributed by atoms with van der Waals surface area (Å²) in [5, 5.41) is 0. The molecular weight excluding hydrogens is 286 g/mol. The lowest BCUT2D eigenvalue weighted by Crippen LogP contribution is -2.39. The number of rotatable bonds is 5.